The van der Waals surface area contributed by atoms with E-state index in [0.29, 0.717) is 24.4 Å². The van der Waals surface area contributed by atoms with Crippen molar-refractivity contribution < 1.29 is 27.3 Å². The first-order chi connectivity index (χ1) is 13.7. The number of hydrogen-bond donors (Lipinski definition) is 1. The van der Waals surface area contributed by atoms with Gasteiger partial charge in [0.15, 0.2) is 11.5 Å². The maximum Gasteiger partial charge on any atom is 0.249 e. The van der Waals surface area contributed by atoms with E-state index in [0.717, 1.165) is 0 Å². The van der Waals surface area contributed by atoms with E-state index in [1.165, 1.54) is 30.3 Å². The fraction of sp³-hybridized carbons (Fsp3) is 0.450. The lowest BCUT2D eigenvalue weighted by Crippen LogP contribution is -2.53. The van der Waals surface area contributed by atoms with E-state index in [2.05, 4.69) is 5.16 Å². The van der Waals surface area contributed by atoms with Gasteiger partial charge < -0.3 is 15.2 Å². The number of nitrogens with zero attached hydrogens (tertiary/aromatic N) is 2. The number of alkyl halides is 2. The molecule has 1 saturated heterocycles. The molecule has 2 heterocycles. The number of halogens is 3. The van der Waals surface area contributed by atoms with Crippen molar-refractivity contribution in [3.63, 3.8) is 0 Å². The van der Waals surface area contributed by atoms with Crippen LogP contribution in [0.5, 0.6) is 0 Å². The molecule has 9 heteroatoms. The zero-order valence-electron chi connectivity index (χ0n) is 15.7. The molecule has 29 heavy (non-hydrogen) atoms. The molecule has 0 spiro atoms. The summed E-state index contributed by atoms with van der Waals surface area (Å²) in [5.74, 6) is -4.01. The van der Waals surface area contributed by atoms with Gasteiger partial charge in [-0.3, -0.25) is 9.59 Å². The summed E-state index contributed by atoms with van der Waals surface area (Å²) in [6.07, 6.45) is -0.785. The number of nitrogens with two attached hydrogens (primary N) is 1. The van der Waals surface area contributed by atoms with Crippen LogP contribution in [0, 0.1) is 11.7 Å². The minimum Gasteiger partial charge on any atom is -0.369 e. The molecule has 1 fully saturated rings. The summed E-state index contributed by atoms with van der Waals surface area (Å²) < 4.78 is 46.1. The Morgan fingerprint density at radius 2 is 1.90 bits per heavy atom. The van der Waals surface area contributed by atoms with E-state index in [1.807, 2.05) is 0 Å². The Kier molecular flexibility index (Phi) is 6.36. The summed E-state index contributed by atoms with van der Waals surface area (Å²) >= 11 is 0. The van der Waals surface area contributed by atoms with Gasteiger partial charge in [0.2, 0.25) is 11.8 Å². The highest BCUT2D eigenvalue weighted by Crippen LogP contribution is 2.28. The fourth-order valence-electron chi connectivity index (χ4n) is 3.17. The SMILES string of the molecule is NC(=O)C1CN(CCC(F)(F)CCCC(=O)c2cc(-c3ccc(F)cc3)on2)C1. The lowest BCUT2D eigenvalue weighted by molar-refractivity contribution is -0.127. The summed E-state index contributed by atoms with van der Waals surface area (Å²) in [6, 6.07) is 6.93. The smallest absolute Gasteiger partial charge is 0.249 e. The van der Waals surface area contributed by atoms with Crippen LogP contribution in [0.25, 0.3) is 11.3 Å². The molecule has 1 amide bonds. The molecule has 0 radical (unpaired) electrons. The van der Waals surface area contributed by atoms with Crippen molar-refractivity contribution in [2.24, 2.45) is 11.7 Å². The number of ketones is 1. The molecule has 1 aliphatic rings. The van der Waals surface area contributed by atoms with Gasteiger partial charge in [-0.25, -0.2) is 13.2 Å². The molecule has 6 nitrogen and oxygen atoms in total. The summed E-state index contributed by atoms with van der Waals surface area (Å²) in [5, 5.41) is 3.68. The molecular weight excluding hydrogens is 387 g/mol. The van der Waals surface area contributed by atoms with Crippen molar-refractivity contribution >= 4 is 11.7 Å². The predicted octanol–water partition coefficient (Wildman–Crippen LogP) is 3.28. The summed E-state index contributed by atoms with van der Waals surface area (Å²) in [7, 11) is 0. The third-order valence-corrected chi connectivity index (χ3v) is 5.02. The topological polar surface area (TPSA) is 89.4 Å². The molecule has 1 aliphatic heterocycles. The number of aromatic nitrogens is 1. The monoisotopic (exact) mass is 409 g/mol. The van der Waals surface area contributed by atoms with Crippen LogP contribution in [0.1, 0.15) is 36.2 Å². The first-order valence-corrected chi connectivity index (χ1v) is 9.39. The molecule has 156 valence electrons. The summed E-state index contributed by atoms with van der Waals surface area (Å²) in [5.41, 5.74) is 5.78. The highest BCUT2D eigenvalue weighted by Gasteiger charge is 2.34. The number of primary amides is 1. The van der Waals surface area contributed by atoms with Gasteiger partial charge in [0.25, 0.3) is 0 Å². The predicted molar refractivity (Wildman–Crippen MR) is 98.8 cm³/mol. The van der Waals surface area contributed by atoms with Crippen LogP contribution in [-0.2, 0) is 4.79 Å². The van der Waals surface area contributed by atoms with Crippen molar-refractivity contribution in [3.8, 4) is 11.3 Å². The Morgan fingerprint density at radius 1 is 1.21 bits per heavy atom. The lowest BCUT2D eigenvalue weighted by Gasteiger charge is -2.38. The number of likely N-dealkylation sites (tertiary alicyclic amines) is 1. The van der Waals surface area contributed by atoms with Crippen LogP contribution in [-0.4, -0.2) is 47.3 Å². The zero-order valence-corrected chi connectivity index (χ0v) is 15.7. The number of rotatable bonds is 10. The molecule has 0 saturated carbocycles. The third-order valence-electron chi connectivity index (χ3n) is 5.02. The van der Waals surface area contributed by atoms with Gasteiger partial charge >= 0.3 is 0 Å². The molecule has 0 atom stereocenters. The maximum absolute atomic E-state index is 14.0. The normalized spacial score (nSPS) is 15.3. The zero-order chi connectivity index (χ0) is 21.0. The molecule has 2 aromatic rings. The highest BCUT2D eigenvalue weighted by molar-refractivity contribution is 5.94. The highest BCUT2D eigenvalue weighted by atomic mass is 19.3. The molecule has 0 aliphatic carbocycles. The Balaban J connectivity index is 1.41. The number of benzene rings is 1. The minimum absolute atomic E-state index is 0.0223. The van der Waals surface area contributed by atoms with Crippen molar-refractivity contribution in [2.45, 2.75) is 31.6 Å². The number of amides is 1. The Bertz CT molecular complexity index is 861. The van der Waals surface area contributed by atoms with E-state index >= 15 is 0 Å². The minimum atomic E-state index is -2.89. The van der Waals surface area contributed by atoms with E-state index in [9.17, 15) is 22.8 Å². The standard InChI is InChI=1S/C20H22F3N3O3/c21-15-5-3-13(4-6-15)18-10-16(25-29-18)17(27)2-1-7-20(22,23)8-9-26-11-14(12-26)19(24)28/h3-6,10,14H,1-2,7-9,11-12H2,(H2,24,28). The Morgan fingerprint density at radius 3 is 2.55 bits per heavy atom. The Hall–Kier alpha value is -2.68. The molecular formula is C20H22F3N3O3. The largest absolute Gasteiger partial charge is 0.369 e. The molecule has 1 aromatic heterocycles. The molecule has 0 unspecified atom stereocenters. The number of hydrogen-bond acceptors (Lipinski definition) is 5. The second kappa shape index (κ2) is 8.77. The summed E-state index contributed by atoms with van der Waals surface area (Å²) in [4.78, 5) is 24.9. The van der Waals surface area contributed by atoms with Crippen LogP contribution in [0.4, 0.5) is 13.2 Å². The fourth-order valence-corrected chi connectivity index (χ4v) is 3.17. The number of carbonyl (C=O) groups is 2. The number of carbonyl (C=O) groups excluding carboxylic acids is 2. The average molecular weight is 409 g/mol. The number of Topliss-reactive ketones (excluding diaryl/α,β-unsaturated/α-hetero) is 1. The summed E-state index contributed by atoms with van der Waals surface area (Å²) in [6.45, 7) is 1.04. The van der Waals surface area contributed by atoms with E-state index in [1.54, 1.807) is 4.90 Å². The lowest BCUT2D eigenvalue weighted by atomic mass is 9.98. The molecule has 1 aromatic carbocycles. The van der Waals surface area contributed by atoms with Gasteiger partial charge in [-0.15, -0.1) is 0 Å². The van der Waals surface area contributed by atoms with Gasteiger partial charge in [0, 0.05) is 50.5 Å². The van der Waals surface area contributed by atoms with Gasteiger partial charge in [-0.05, 0) is 30.7 Å². The van der Waals surface area contributed by atoms with E-state index in [-0.39, 0.29) is 43.2 Å². The van der Waals surface area contributed by atoms with Crippen LogP contribution in [0.15, 0.2) is 34.9 Å². The second-order valence-electron chi connectivity index (χ2n) is 7.32. The second-order valence-corrected chi connectivity index (χ2v) is 7.32. The van der Waals surface area contributed by atoms with Crippen LogP contribution in [0.2, 0.25) is 0 Å². The van der Waals surface area contributed by atoms with Crippen molar-refractivity contribution in [3.05, 3.63) is 41.8 Å². The van der Waals surface area contributed by atoms with Crippen LogP contribution >= 0.6 is 0 Å². The van der Waals surface area contributed by atoms with Crippen molar-refractivity contribution in [1.29, 1.82) is 0 Å². The maximum atomic E-state index is 14.0. The molecule has 0 bridgehead atoms. The van der Waals surface area contributed by atoms with Gasteiger partial charge in [-0.1, -0.05) is 5.16 Å². The first-order valence-electron chi connectivity index (χ1n) is 9.39. The Labute approximate surface area is 165 Å². The third kappa shape index (κ3) is 5.66. The quantitative estimate of drug-likeness (QED) is 0.609. The average Bonchev–Trinajstić information content (AvgIpc) is 3.10. The van der Waals surface area contributed by atoms with Gasteiger partial charge in [-0.2, -0.15) is 0 Å². The van der Waals surface area contributed by atoms with Crippen LogP contribution in [0.3, 0.4) is 0 Å². The van der Waals surface area contributed by atoms with Gasteiger partial charge in [0.05, 0.1) is 5.92 Å². The van der Waals surface area contributed by atoms with E-state index < -0.39 is 24.1 Å². The van der Waals surface area contributed by atoms with Crippen LogP contribution < -0.4 is 5.73 Å². The molecule has 3 rings (SSSR count). The van der Waals surface area contributed by atoms with Crippen molar-refractivity contribution in [2.75, 3.05) is 19.6 Å². The van der Waals surface area contributed by atoms with Gasteiger partial charge in [0.1, 0.15) is 11.5 Å². The first kappa shape index (κ1) is 21.0. The van der Waals surface area contributed by atoms with E-state index in [4.69, 9.17) is 10.3 Å². The molecule has 2 N–H and O–H groups in total. The van der Waals surface area contributed by atoms with Crippen molar-refractivity contribution in [1.82, 2.24) is 10.1 Å².